The van der Waals surface area contributed by atoms with Gasteiger partial charge in [0.25, 0.3) is 5.91 Å². The summed E-state index contributed by atoms with van der Waals surface area (Å²) in [5, 5.41) is 2.79. The first-order valence-electron chi connectivity index (χ1n) is 8.86. The average Bonchev–Trinajstić information content (AvgIpc) is 2.68. The molecule has 2 rings (SSSR count). The van der Waals surface area contributed by atoms with Gasteiger partial charge in [0.15, 0.2) is 0 Å². The molecule has 1 N–H and O–H groups in total. The zero-order valence-electron chi connectivity index (χ0n) is 16.3. The first kappa shape index (κ1) is 21.9. The number of halogens is 2. The quantitative estimate of drug-likeness (QED) is 0.692. The number of carbonyl (C=O) groups is 2. The third-order valence-corrected chi connectivity index (χ3v) is 4.86. The maximum Gasteiger partial charge on any atom is 0.251 e. The van der Waals surface area contributed by atoms with E-state index in [0.29, 0.717) is 16.9 Å². The van der Waals surface area contributed by atoms with Gasteiger partial charge in [0, 0.05) is 29.2 Å². The minimum absolute atomic E-state index is 0.103. The Morgan fingerprint density at radius 3 is 2.39 bits per heavy atom. The molecule has 0 aromatic heterocycles. The highest BCUT2D eigenvalue weighted by atomic mass is 79.9. The van der Waals surface area contributed by atoms with Gasteiger partial charge in [0.05, 0.1) is 7.11 Å². The summed E-state index contributed by atoms with van der Waals surface area (Å²) in [5.74, 6) is -0.507. The zero-order chi connectivity index (χ0) is 20.8. The Morgan fingerprint density at radius 1 is 1.18 bits per heavy atom. The second-order valence-corrected chi connectivity index (χ2v) is 7.77. The SMILES string of the molecule is COc1ccc(C(=O)NC(C(=O)N(C)Cc2cc(Br)ccc2F)C(C)C)cc1. The molecule has 1 unspecified atom stereocenters. The molecule has 0 saturated heterocycles. The first-order valence-corrected chi connectivity index (χ1v) is 9.66. The summed E-state index contributed by atoms with van der Waals surface area (Å²) >= 11 is 3.31. The zero-order valence-corrected chi connectivity index (χ0v) is 17.9. The van der Waals surface area contributed by atoms with E-state index in [-0.39, 0.29) is 30.1 Å². The lowest BCUT2D eigenvalue weighted by atomic mass is 10.0. The molecule has 0 spiro atoms. The fraction of sp³-hybridized carbons (Fsp3) is 0.333. The van der Waals surface area contributed by atoms with Gasteiger partial charge in [0.2, 0.25) is 5.91 Å². The van der Waals surface area contributed by atoms with Gasteiger partial charge in [-0.3, -0.25) is 9.59 Å². The number of methoxy groups -OCH3 is 1. The lowest BCUT2D eigenvalue weighted by molar-refractivity contribution is -0.133. The van der Waals surface area contributed by atoms with E-state index in [9.17, 15) is 14.0 Å². The average molecular weight is 451 g/mol. The Bertz CT molecular complexity index is 840. The topological polar surface area (TPSA) is 58.6 Å². The molecule has 0 saturated carbocycles. The number of hydrogen-bond donors (Lipinski definition) is 1. The number of likely N-dealkylation sites (N-methyl/N-ethyl adjacent to an activating group) is 1. The van der Waals surface area contributed by atoms with Crippen molar-refractivity contribution in [3.63, 3.8) is 0 Å². The molecule has 7 heteroatoms. The summed E-state index contributed by atoms with van der Waals surface area (Å²) in [6.07, 6.45) is 0. The normalized spacial score (nSPS) is 11.8. The lowest BCUT2D eigenvalue weighted by Gasteiger charge is -2.27. The van der Waals surface area contributed by atoms with Crippen molar-refractivity contribution < 1.29 is 18.7 Å². The minimum atomic E-state index is -0.727. The maximum atomic E-state index is 14.0. The van der Waals surface area contributed by atoms with Crippen LogP contribution in [0.3, 0.4) is 0 Å². The second kappa shape index (κ2) is 9.68. The molecule has 28 heavy (non-hydrogen) atoms. The summed E-state index contributed by atoms with van der Waals surface area (Å²) < 4.78 is 19.8. The third kappa shape index (κ3) is 5.55. The van der Waals surface area contributed by atoms with E-state index in [1.165, 1.54) is 11.0 Å². The predicted octanol–water partition coefficient (Wildman–Crippen LogP) is 4.01. The number of ether oxygens (including phenoxy) is 1. The number of benzene rings is 2. The highest BCUT2D eigenvalue weighted by Crippen LogP contribution is 2.18. The van der Waals surface area contributed by atoms with Crippen molar-refractivity contribution in [3.8, 4) is 5.75 Å². The van der Waals surface area contributed by atoms with Crippen molar-refractivity contribution >= 4 is 27.7 Å². The summed E-state index contributed by atoms with van der Waals surface area (Å²) in [6.45, 7) is 3.81. The smallest absolute Gasteiger partial charge is 0.251 e. The van der Waals surface area contributed by atoms with Crippen LogP contribution < -0.4 is 10.1 Å². The van der Waals surface area contributed by atoms with Crippen LogP contribution in [0.5, 0.6) is 5.75 Å². The van der Waals surface area contributed by atoms with E-state index in [1.54, 1.807) is 50.6 Å². The molecule has 2 aromatic carbocycles. The van der Waals surface area contributed by atoms with Crippen molar-refractivity contribution in [3.05, 3.63) is 63.9 Å². The summed E-state index contributed by atoms with van der Waals surface area (Å²) in [7, 11) is 3.14. The molecule has 0 heterocycles. The number of rotatable bonds is 7. The first-order chi connectivity index (χ1) is 13.2. The van der Waals surface area contributed by atoms with Gasteiger partial charge in [-0.25, -0.2) is 4.39 Å². The largest absolute Gasteiger partial charge is 0.497 e. The molecule has 0 aliphatic rings. The number of nitrogens with one attached hydrogen (secondary N) is 1. The van der Waals surface area contributed by atoms with E-state index in [0.717, 1.165) is 4.47 Å². The van der Waals surface area contributed by atoms with Gasteiger partial charge in [-0.1, -0.05) is 29.8 Å². The molecular weight excluding hydrogens is 427 g/mol. The van der Waals surface area contributed by atoms with E-state index in [1.807, 2.05) is 13.8 Å². The monoisotopic (exact) mass is 450 g/mol. The summed E-state index contributed by atoms with van der Waals surface area (Å²) in [4.78, 5) is 26.9. The fourth-order valence-electron chi connectivity index (χ4n) is 2.72. The number of nitrogens with zero attached hydrogens (tertiary/aromatic N) is 1. The van der Waals surface area contributed by atoms with Crippen LogP contribution in [0.4, 0.5) is 4.39 Å². The van der Waals surface area contributed by atoms with Crippen molar-refractivity contribution in [2.45, 2.75) is 26.4 Å². The van der Waals surface area contributed by atoms with Crippen LogP contribution in [-0.2, 0) is 11.3 Å². The molecule has 150 valence electrons. The van der Waals surface area contributed by atoms with Gasteiger partial charge >= 0.3 is 0 Å². The van der Waals surface area contributed by atoms with Gasteiger partial charge < -0.3 is 15.0 Å². The van der Waals surface area contributed by atoms with Crippen LogP contribution in [0.2, 0.25) is 0 Å². The number of hydrogen-bond acceptors (Lipinski definition) is 3. The van der Waals surface area contributed by atoms with Crippen molar-refractivity contribution in [2.75, 3.05) is 14.2 Å². The highest BCUT2D eigenvalue weighted by Gasteiger charge is 2.27. The Morgan fingerprint density at radius 2 is 1.82 bits per heavy atom. The molecule has 2 amide bonds. The van der Waals surface area contributed by atoms with Crippen LogP contribution >= 0.6 is 15.9 Å². The summed E-state index contributed by atoms with van der Waals surface area (Å²) in [5.41, 5.74) is 0.828. The highest BCUT2D eigenvalue weighted by molar-refractivity contribution is 9.10. The van der Waals surface area contributed by atoms with Crippen LogP contribution in [0.25, 0.3) is 0 Å². The third-order valence-electron chi connectivity index (χ3n) is 4.36. The number of amides is 2. The molecule has 0 bridgehead atoms. The maximum absolute atomic E-state index is 14.0. The Kier molecular flexibility index (Phi) is 7.57. The van der Waals surface area contributed by atoms with Crippen LogP contribution in [0, 0.1) is 11.7 Å². The predicted molar refractivity (Wildman–Crippen MR) is 110 cm³/mol. The molecule has 0 aliphatic heterocycles. The second-order valence-electron chi connectivity index (χ2n) is 6.85. The molecule has 0 fully saturated rings. The van der Waals surface area contributed by atoms with Crippen molar-refractivity contribution in [1.82, 2.24) is 10.2 Å². The molecular formula is C21H24BrFN2O3. The molecule has 5 nitrogen and oxygen atoms in total. The molecule has 2 aromatic rings. The van der Waals surface area contributed by atoms with Gasteiger partial charge in [-0.05, 0) is 48.4 Å². The molecule has 0 radical (unpaired) electrons. The lowest BCUT2D eigenvalue weighted by Crippen LogP contribution is -2.50. The van der Waals surface area contributed by atoms with E-state index in [2.05, 4.69) is 21.2 Å². The van der Waals surface area contributed by atoms with Crippen molar-refractivity contribution in [1.29, 1.82) is 0 Å². The van der Waals surface area contributed by atoms with Crippen LogP contribution in [-0.4, -0.2) is 36.9 Å². The van der Waals surface area contributed by atoms with E-state index < -0.39 is 6.04 Å². The molecule has 1 atom stereocenters. The van der Waals surface area contributed by atoms with Crippen LogP contribution in [0.1, 0.15) is 29.8 Å². The van der Waals surface area contributed by atoms with Crippen LogP contribution in [0.15, 0.2) is 46.9 Å². The van der Waals surface area contributed by atoms with Gasteiger partial charge in [-0.15, -0.1) is 0 Å². The van der Waals surface area contributed by atoms with E-state index >= 15 is 0 Å². The minimum Gasteiger partial charge on any atom is -0.497 e. The Labute approximate surface area is 173 Å². The van der Waals surface area contributed by atoms with E-state index in [4.69, 9.17) is 4.74 Å². The van der Waals surface area contributed by atoms with Gasteiger partial charge in [-0.2, -0.15) is 0 Å². The fourth-order valence-corrected chi connectivity index (χ4v) is 3.12. The van der Waals surface area contributed by atoms with Gasteiger partial charge in [0.1, 0.15) is 17.6 Å². The Balaban J connectivity index is 2.11. The van der Waals surface area contributed by atoms with Crippen molar-refractivity contribution in [2.24, 2.45) is 5.92 Å². The Hall–Kier alpha value is -2.41. The molecule has 0 aliphatic carbocycles. The number of carbonyl (C=O) groups excluding carboxylic acids is 2. The summed E-state index contributed by atoms with van der Waals surface area (Å²) in [6, 6.07) is 10.5. The standard InChI is InChI=1S/C21H24BrFN2O3/c1-13(2)19(24-20(26)14-5-8-17(28-4)9-6-14)21(27)25(3)12-15-11-16(22)7-10-18(15)23/h5-11,13,19H,12H2,1-4H3,(H,24,26).